The number of halogens is 3. The summed E-state index contributed by atoms with van der Waals surface area (Å²) < 4.78 is 43.9. The van der Waals surface area contributed by atoms with Crippen molar-refractivity contribution in [1.82, 2.24) is 5.32 Å². The van der Waals surface area contributed by atoms with Crippen molar-refractivity contribution in [2.24, 2.45) is 17.3 Å². The van der Waals surface area contributed by atoms with E-state index in [9.17, 15) is 18.0 Å². The number of hydrogen-bond donors (Lipinski definition) is 1. The number of ether oxygens (including phenoxy) is 1. The minimum atomic E-state index is -4.04. The average Bonchev–Trinajstić information content (AvgIpc) is 2.25. The maximum absolute atomic E-state index is 12.9. The van der Waals surface area contributed by atoms with Crippen LogP contribution in [0.25, 0.3) is 0 Å². The second-order valence-corrected chi connectivity index (χ2v) is 7.33. The molecule has 3 unspecified atom stereocenters. The van der Waals surface area contributed by atoms with Crippen LogP contribution in [0.3, 0.4) is 0 Å². The van der Waals surface area contributed by atoms with Crippen LogP contribution in [0, 0.1) is 17.3 Å². The summed E-state index contributed by atoms with van der Waals surface area (Å²) in [4.78, 5) is 11.4. The zero-order valence-electron chi connectivity index (χ0n) is 12.8. The number of carbonyl (C=O) groups is 1. The molecule has 0 bridgehead atoms. The molecule has 3 nitrogen and oxygen atoms in total. The fourth-order valence-corrected chi connectivity index (χ4v) is 3.69. The predicted octanol–water partition coefficient (Wildman–Crippen LogP) is 4.27. The molecule has 0 aliphatic heterocycles. The molecule has 3 atom stereocenters. The Kier molecular flexibility index (Phi) is 4.19. The van der Waals surface area contributed by atoms with Crippen LogP contribution in [0.2, 0.25) is 0 Å². The first-order valence-electron chi connectivity index (χ1n) is 7.59. The quantitative estimate of drug-likeness (QED) is 0.788. The molecule has 0 radical (unpaired) electrons. The molecular formula is C15H24F3NO2. The molecular weight excluding hydrogens is 283 g/mol. The van der Waals surface area contributed by atoms with Crippen LogP contribution in [0.5, 0.6) is 0 Å². The molecule has 122 valence electrons. The smallest absolute Gasteiger partial charge is 0.407 e. The Morgan fingerprint density at radius 2 is 2.00 bits per heavy atom. The van der Waals surface area contributed by atoms with Gasteiger partial charge in [0.25, 0.3) is 0 Å². The lowest BCUT2D eigenvalue weighted by atomic mass is 9.42. The summed E-state index contributed by atoms with van der Waals surface area (Å²) in [6.45, 7) is 5.81. The first kappa shape index (κ1) is 16.4. The second kappa shape index (κ2) is 5.36. The van der Waals surface area contributed by atoms with Crippen LogP contribution in [0.15, 0.2) is 0 Å². The largest absolute Gasteiger partial charge is 0.444 e. The zero-order chi connectivity index (χ0) is 15.9. The summed E-state index contributed by atoms with van der Waals surface area (Å²) >= 11 is 0. The number of amides is 1. The zero-order valence-corrected chi connectivity index (χ0v) is 12.8. The van der Waals surface area contributed by atoms with Gasteiger partial charge in [0.15, 0.2) is 0 Å². The number of alkyl carbamates (subject to hydrolysis) is 1. The van der Waals surface area contributed by atoms with E-state index >= 15 is 0 Å². The Labute approximate surface area is 123 Å². The summed E-state index contributed by atoms with van der Waals surface area (Å²) in [5.41, 5.74) is -1.90. The van der Waals surface area contributed by atoms with Gasteiger partial charge in [-0.3, -0.25) is 0 Å². The third-order valence-corrected chi connectivity index (χ3v) is 4.79. The van der Waals surface area contributed by atoms with Gasteiger partial charge < -0.3 is 10.1 Å². The predicted molar refractivity (Wildman–Crippen MR) is 72.8 cm³/mol. The van der Waals surface area contributed by atoms with E-state index in [1.165, 1.54) is 0 Å². The van der Waals surface area contributed by atoms with Crippen molar-refractivity contribution in [3.8, 4) is 0 Å². The normalized spacial score (nSPS) is 31.7. The van der Waals surface area contributed by atoms with Gasteiger partial charge >= 0.3 is 12.3 Å². The topological polar surface area (TPSA) is 38.3 Å². The molecule has 0 saturated heterocycles. The maximum atomic E-state index is 12.9. The Balaban J connectivity index is 1.63. The van der Waals surface area contributed by atoms with Crippen LogP contribution in [0.4, 0.5) is 18.0 Å². The summed E-state index contributed by atoms with van der Waals surface area (Å²) in [5.74, 6) is -0.0140. The van der Waals surface area contributed by atoms with Gasteiger partial charge in [-0.2, -0.15) is 13.2 Å². The molecule has 0 heterocycles. The van der Waals surface area contributed by atoms with Gasteiger partial charge in [0.1, 0.15) is 5.60 Å². The molecule has 1 amide bonds. The van der Waals surface area contributed by atoms with E-state index in [0.29, 0.717) is 25.8 Å². The third-order valence-electron chi connectivity index (χ3n) is 4.79. The van der Waals surface area contributed by atoms with E-state index in [4.69, 9.17) is 4.74 Å². The highest BCUT2D eigenvalue weighted by atomic mass is 19.4. The number of fused-ring (bicyclic) bond motifs is 1. The molecule has 0 aromatic carbocycles. The standard InChI is InChI=1S/C15H24F3NO2/c1-13(2,3)21-12(20)19-8-4-5-10-9-14(15(16,17)18)7-6-11(10)14/h10-11H,4-9H2,1-3H3,(H,19,20). The lowest BCUT2D eigenvalue weighted by Crippen LogP contribution is -2.63. The average molecular weight is 307 g/mol. The fraction of sp³-hybridized carbons (Fsp3) is 0.933. The molecule has 0 aromatic rings. The molecule has 2 aliphatic rings. The Bertz CT molecular complexity index is 403. The maximum Gasteiger partial charge on any atom is 0.407 e. The minimum Gasteiger partial charge on any atom is -0.444 e. The van der Waals surface area contributed by atoms with E-state index in [1.807, 2.05) is 0 Å². The number of carbonyl (C=O) groups excluding carboxylic acids is 1. The molecule has 2 rings (SSSR count). The van der Waals surface area contributed by atoms with Crippen molar-refractivity contribution in [1.29, 1.82) is 0 Å². The molecule has 21 heavy (non-hydrogen) atoms. The van der Waals surface area contributed by atoms with Gasteiger partial charge in [-0.25, -0.2) is 4.79 Å². The van der Waals surface area contributed by atoms with Gasteiger partial charge in [0, 0.05) is 6.54 Å². The first-order chi connectivity index (χ1) is 9.55. The van der Waals surface area contributed by atoms with Crippen LogP contribution in [0.1, 0.15) is 52.9 Å². The van der Waals surface area contributed by atoms with E-state index < -0.39 is 23.3 Å². The van der Waals surface area contributed by atoms with Gasteiger partial charge in [0.05, 0.1) is 5.41 Å². The summed E-state index contributed by atoms with van der Waals surface area (Å²) in [6.07, 6.45) is -1.79. The van der Waals surface area contributed by atoms with E-state index in [1.54, 1.807) is 20.8 Å². The van der Waals surface area contributed by atoms with Crippen LogP contribution in [-0.2, 0) is 4.74 Å². The van der Waals surface area contributed by atoms with Crippen molar-refractivity contribution in [2.45, 2.75) is 64.7 Å². The summed E-state index contributed by atoms with van der Waals surface area (Å²) in [6, 6.07) is 0. The SMILES string of the molecule is CC(C)(C)OC(=O)NCCCC1CC2(C(F)(F)F)CCC12. The number of hydrogen-bond acceptors (Lipinski definition) is 2. The highest BCUT2D eigenvalue weighted by Gasteiger charge is 2.71. The third kappa shape index (κ3) is 3.29. The van der Waals surface area contributed by atoms with E-state index in [-0.39, 0.29) is 18.3 Å². The van der Waals surface area contributed by atoms with Crippen molar-refractivity contribution in [2.75, 3.05) is 6.54 Å². The molecule has 2 saturated carbocycles. The van der Waals surface area contributed by atoms with Crippen molar-refractivity contribution < 1.29 is 22.7 Å². The second-order valence-electron chi connectivity index (χ2n) is 7.33. The number of nitrogens with one attached hydrogen (secondary N) is 1. The van der Waals surface area contributed by atoms with Crippen molar-refractivity contribution in [3.05, 3.63) is 0 Å². The van der Waals surface area contributed by atoms with Crippen LogP contribution >= 0.6 is 0 Å². The van der Waals surface area contributed by atoms with E-state index in [0.717, 1.165) is 6.42 Å². The molecule has 6 heteroatoms. The van der Waals surface area contributed by atoms with Gasteiger partial charge in [-0.05, 0) is 64.7 Å². The highest BCUT2D eigenvalue weighted by molar-refractivity contribution is 5.67. The lowest BCUT2D eigenvalue weighted by Gasteiger charge is -2.63. The number of alkyl halides is 3. The minimum absolute atomic E-state index is 0.167. The monoisotopic (exact) mass is 307 g/mol. The van der Waals surface area contributed by atoms with Crippen LogP contribution in [-0.4, -0.2) is 24.4 Å². The van der Waals surface area contributed by atoms with Gasteiger partial charge in [-0.1, -0.05) is 0 Å². The van der Waals surface area contributed by atoms with Crippen LogP contribution < -0.4 is 5.32 Å². The first-order valence-corrected chi connectivity index (χ1v) is 7.59. The molecule has 0 aromatic heterocycles. The molecule has 2 aliphatic carbocycles. The lowest BCUT2D eigenvalue weighted by molar-refractivity contribution is -0.332. The Hall–Kier alpha value is -0.940. The summed E-state index contributed by atoms with van der Waals surface area (Å²) in [7, 11) is 0. The fourth-order valence-electron chi connectivity index (χ4n) is 3.69. The van der Waals surface area contributed by atoms with Gasteiger partial charge in [-0.15, -0.1) is 0 Å². The highest BCUT2D eigenvalue weighted by Crippen LogP contribution is 2.71. The van der Waals surface area contributed by atoms with Gasteiger partial charge in [0.2, 0.25) is 0 Å². The number of rotatable bonds is 4. The van der Waals surface area contributed by atoms with Crippen molar-refractivity contribution >= 4 is 6.09 Å². The molecule has 0 spiro atoms. The molecule has 2 fully saturated rings. The Morgan fingerprint density at radius 3 is 2.43 bits per heavy atom. The van der Waals surface area contributed by atoms with Crippen molar-refractivity contribution in [3.63, 3.8) is 0 Å². The molecule has 1 N–H and O–H groups in total. The van der Waals surface area contributed by atoms with E-state index in [2.05, 4.69) is 5.32 Å². The Morgan fingerprint density at radius 1 is 1.33 bits per heavy atom. The summed E-state index contributed by atoms with van der Waals surface area (Å²) in [5, 5.41) is 2.64.